The molecule has 136 valence electrons. The average molecular weight is 376 g/mol. The molecule has 1 fully saturated rings. The highest BCUT2D eigenvalue weighted by Gasteiger charge is 2.25. The molecule has 0 aromatic heterocycles. The Kier molecular flexibility index (Phi) is 10.2. The smallest absolute Gasteiger partial charge is 0.309 e. The summed E-state index contributed by atoms with van der Waals surface area (Å²) in [5.41, 5.74) is 0. The highest BCUT2D eigenvalue weighted by Crippen LogP contribution is 2.23. The van der Waals surface area contributed by atoms with Crippen LogP contribution in [0.25, 0.3) is 0 Å². The number of nitrogens with zero attached hydrogens (tertiary/aromatic N) is 1. The van der Waals surface area contributed by atoms with E-state index in [9.17, 15) is 4.79 Å². The normalized spacial score (nSPS) is 15.6. The van der Waals surface area contributed by atoms with Crippen LogP contribution in [0.5, 0.6) is 5.75 Å². The number of para-hydroxylation sites is 1. The van der Waals surface area contributed by atoms with Crippen molar-refractivity contribution in [3.8, 4) is 5.75 Å². The number of halogens is 2. The molecule has 1 aliphatic rings. The first-order valence-corrected chi connectivity index (χ1v) is 8.84. The van der Waals surface area contributed by atoms with E-state index < -0.39 is 0 Å². The number of piperidine rings is 1. The van der Waals surface area contributed by atoms with Crippen molar-refractivity contribution in [2.24, 2.45) is 5.92 Å². The molecule has 1 saturated heterocycles. The summed E-state index contributed by atoms with van der Waals surface area (Å²) >= 11 is 6.05. The summed E-state index contributed by atoms with van der Waals surface area (Å²) in [5, 5.41) is 0.661. The standard InChI is InChI=1S/C18H26ClNO3.ClH/c1-2-22-18(21)15-9-12-20(13-10-15)11-5-6-14-23-17-8-4-3-7-16(17)19;/h3-4,7-8,15H,2,5-6,9-14H2,1H3;1H. The maximum absolute atomic E-state index is 11.7. The van der Waals surface area contributed by atoms with Crippen molar-refractivity contribution in [3.63, 3.8) is 0 Å². The number of carbonyl (C=O) groups is 1. The van der Waals surface area contributed by atoms with Crippen molar-refractivity contribution >= 4 is 30.0 Å². The predicted octanol–water partition coefficient (Wildman–Crippen LogP) is 4.20. The van der Waals surface area contributed by atoms with Crippen LogP contribution in [0.3, 0.4) is 0 Å². The van der Waals surface area contributed by atoms with E-state index in [-0.39, 0.29) is 24.3 Å². The molecule has 0 atom stereocenters. The van der Waals surface area contributed by atoms with Gasteiger partial charge in [-0.2, -0.15) is 0 Å². The van der Waals surface area contributed by atoms with E-state index in [0.29, 0.717) is 18.2 Å². The fourth-order valence-corrected chi connectivity index (χ4v) is 3.02. The Morgan fingerprint density at radius 2 is 1.96 bits per heavy atom. The number of carbonyl (C=O) groups excluding carboxylic acids is 1. The molecule has 1 aliphatic heterocycles. The highest BCUT2D eigenvalue weighted by atomic mass is 35.5. The second-order valence-electron chi connectivity index (χ2n) is 5.85. The summed E-state index contributed by atoms with van der Waals surface area (Å²) in [6, 6.07) is 7.55. The van der Waals surface area contributed by atoms with Crippen molar-refractivity contribution in [2.75, 3.05) is 32.8 Å². The van der Waals surface area contributed by atoms with Gasteiger partial charge in [0.2, 0.25) is 0 Å². The topological polar surface area (TPSA) is 38.8 Å². The lowest BCUT2D eigenvalue weighted by Gasteiger charge is -2.30. The molecule has 0 saturated carbocycles. The Bertz CT molecular complexity index is 491. The second-order valence-corrected chi connectivity index (χ2v) is 6.26. The van der Waals surface area contributed by atoms with E-state index in [1.807, 2.05) is 31.2 Å². The second kappa shape index (κ2) is 11.6. The molecule has 4 nitrogen and oxygen atoms in total. The maximum atomic E-state index is 11.7. The van der Waals surface area contributed by atoms with Crippen LogP contribution < -0.4 is 4.74 Å². The summed E-state index contributed by atoms with van der Waals surface area (Å²) in [4.78, 5) is 14.1. The van der Waals surface area contributed by atoms with Gasteiger partial charge in [0, 0.05) is 0 Å². The van der Waals surface area contributed by atoms with Crippen LogP contribution >= 0.6 is 24.0 Å². The van der Waals surface area contributed by atoms with Gasteiger partial charge in [0.15, 0.2) is 0 Å². The number of hydrogen-bond acceptors (Lipinski definition) is 4. The van der Waals surface area contributed by atoms with E-state index in [0.717, 1.165) is 51.1 Å². The molecule has 0 aliphatic carbocycles. The van der Waals surface area contributed by atoms with Crippen LogP contribution in [0.15, 0.2) is 24.3 Å². The van der Waals surface area contributed by atoms with Crippen LogP contribution in [0.2, 0.25) is 5.02 Å². The molecule has 2 rings (SSSR count). The third kappa shape index (κ3) is 6.88. The predicted molar refractivity (Wildman–Crippen MR) is 99.2 cm³/mol. The van der Waals surface area contributed by atoms with Gasteiger partial charge in [0.1, 0.15) is 5.75 Å². The molecule has 0 spiro atoms. The molecular weight excluding hydrogens is 349 g/mol. The van der Waals surface area contributed by atoms with Crippen LogP contribution in [0, 0.1) is 5.92 Å². The number of likely N-dealkylation sites (tertiary alicyclic amines) is 1. The van der Waals surface area contributed by atoms with Crippen LogP contribution in [-0.4, -0.2) is 43.7 Å². The Hall–Kier alpha value is -0.970. The maximum Gasteiger partial charge on any atom is 0.309 e. The Morgan fingerprint density at radius 3 is 2.62 bits per heavy atom. The minimum atomic E-state index is -0.0275. The van der Waals surface area contributed by atoms with Gasteiger partial charge in [0.05, 0.1) is 24.2 Å². The lowest BCUT2D eigenvalue weighted by Crippen LogP contribution is -2.37. The molecule has 24 heavy (non-hydrogen) atoms. The first-order chi connectivity index (χ1) is 11.2. The SMILES string of the molecule is CCOC(=O)C1CCN(CCCCOc2ccccc2Cl)CC1.Cl. The molecule has 0 radical (unpaired) electrons. The summed E-state index contributed by atoms with van der Waals surface area (Å²) in [7, 11) is 0. The van der Waals surface area contributed by atoms with Gasteiger partial charge in [-0.1, -0.05) is 23.7 Å². The van der Waals surface area contributed by atoms with E-state index >= 15 is 0 Å². The minimum absolute atomic E-state index is 0. The molecule has 0 N–H and O–H groups in total. The van der Waals surface area contributed by atoms with Crippen molar-refractivity contribution in [3.05, 3.63) is 29.3 Å². The molecule has 0 amide bonds. The van der Waals surface area contributed by atoms with Gasteiger partial charge in [-0.3, -0.25) is 4.79 Å². The Balaban J connectivity index is 0.00000288. The lowest BCUT2D eigenvalue weighted by molar-refractivity contribution is -0.149. The Morgan fingerprint density at radius 1 is 1.25 bits per heavy atom. The summed E-state index contributed by atoms with van der Waals surface area (Å²) in [6.07, 6.45) is 3.92. The number of rotatable bonds is 8. The van der Waals surface area contributed by atoms with Crippen LogP contribution in [0.1, 0.15) is 32.6 Å². The fourth-order valence-electron chi connectivity index (χ4n) is 2.83. The number of hydrogen-bond donors (Lipinski definition) is 0. The first-order valence-electron chi connectivity index (χ1n) is 8.47. The van der Waals surface area contributed by atoms with Gasteiger partial charge in [-0.05, 0) is 64.4 Å². The van der Waals surface area contributed by atoms with E-state index in [1.54, 1.807) is 0 Å². The van der Waals surface area contributed by atoms with E-state index in [4.69, 9.17) is 21.1 Å². The summed E-state index contributed by atoms with van der Waals surface area (Å²) < 4.78 is 10.8. The third-order valence-corrected chi connectivity index (χ3v) is 4.48. The van der Waals surface area contributed by atoms with Gasteiger partial charge in [-0.25, -0.2) is 0 Å². The zero-order chi connectivity index (χ0) is 16.5. The average Bonchev–Trinajstić information content (AvgIpc) is 2.57. The van der Waals surface area contributed by atoms with Crippen molar-refractivity contribution < 1.29 is 14.3 Å². The molecule has 0 bridgehead atoms. The zero-order valence-electron chi connectivity index (χ0n) is 14.2. The molecule has 1 aromatic rings. The molecule has 1 aromatic carbocycles. The van der Waals surface area contributed by atoms with Gasteiger partial charge < -0.3 is 14.4 Å². The molecule has 1 heterocycles. The van der Waals surface area contributed by atoms with Gasteiger partial charge >= 0.3 is 5.97 Å². The molecule has 6 heteroatoms. The largest absolute Gasteiger partial charge is 0.492 e. The number of esters is 1. The summed E-state index contributed by atoms with van der Waals surface area (Å²) in [6.45, 7) is 6.04. The first kappa shape index (κ1) is 21.1. The van der Waals surface area contributed by atoms with E-state index in [2.05, 4.69) is 4.90 Å². The monoisotopic (exact) mass is 375 g/mol. The molecular formula is C18H27Cl2NO3. The Labute approximate surface area is 155 Å². The van der Waals surface area contributed by atoms with E-state index in [1.165, 1.54) is 0 Å². The van der Waals surface area contributed by atoms with Gasteiger partial charge in [0.25, 0.3) is 0 Å². The number of ether oxygens (including phenoxy) is 2. The van der Waals surface area contributed by atoms with Crippen molar-refractivity contribution in [2.45, 2.75) is 32.6 Å². The van der Waals surface area contributed by atoms with Crippen molar-refractivity contribution in [1.82, 2.24) is 4.90 Å². The fraction of sp³-hybridized carbons (Fsp3) is 0.611. The molecule has 0 unspecified atom stereocenters. The lowest BCUT2D eigenvalue weighted by atomic mass is 9.97. The van der Waals surface area contributed by atoms with Gasteiger partial charge in [-0.15, -0.1) is 12.4 Å². The number of unbranched alkanes of at least 4 members (excludes halogenated alkanes) is 1. The number of benzene rings is 1. The van der Waals surface area contributed by atoms with Crippen molar-refractivity contribution in [1.29, 1.82) is 0 Å². The minimum Gasteiger partial charge on any atom is -0.492 e. The van der Waals surface area contributed by atoms with Crippen LogP contribution in [0.4, 0.5) is 0 Å². The third-order valence-electron chi connectivity index (χ3n) is 4.17. The van der Waals surface area contributed by atoms with Crippen LogP contribution in [-0.2, 0) is 9.53 Å². The zero-order valence-corrected chi connectivity index (χ0v) is 15.8. The highest BCUT2D eigenvalue weighted by molar-refractivity contribution is 6.32. The quantitative estimate of drug-likeness (QED) is 0.504. The summed E-state index contributed by atoms with van der Waals surface area (Å²) in [5.74, 6) is 0.819.